The minimum absolute atomic E-state index is 0.0481. The number of furan rings is 1. The van der Waals surface area contributed by atoms with E-state index in [-0.39, 0.29) is 11.1 Å². The zero-order valence-corrected chi connectivity index (χ0v) is 10.2. The van der Waals surface area contributed by atoms with Crippen molar-refractivity contribution in [1.82, 2.24) is 10.2 Å². The van der Waals surface area contributed by atoms with Crippen LogP contribution >= 0.6 is 11.6 Å². The molecule has 2 aliphatic heterocycles. The first-order valence-electron chi connectivity index (χ1n) is 6.02. The van der Waals surface area contributed by atoms with E-state index in [1.54, 1.807) is 12.1 Å². The molecule has 0 spiro atoms. The first-order chi connectivity index (χ1) is 8.24. The Hall–Kier alpha value is -1.00. The van der Waals surface area contributed by atoms with Crippen LogP contribution < -0.4 is 5.32 Å². The van der Waals surface area contributed by atoms with E-state index in [0.29, 0.717) is 17.7 Å². The van der Waals surface area contributed by atoms with Gasteiger partial charge in [-0.25, -0.2) is 0 Å². The van der Waals surface area contributed by atoms with Gasteiger partial charge in [-0.05, 0) is 49.0 Å². The average Bonchev–Trinajstić information content (AvgIpc) is 2.93. The van der Waals surface area contributed by atoms with Gasteiger partial charge in [0.25, 0.3) is 5.91 Å². The number of fused-ring (bicyclic) bond motifs is 1. The minimum Gasteiger partial charge on any atom is -0.440 e. The molecule has 17 heavy (non-hydrogen) atoms. The van der Waals surface area contributed by atoms with Crippen molar-refractivity contribution in [3.63, 3.8) is 0 Å². The summed E-state index contributed by atoms with van der Waals surface area (Å²) in [5.41, 5.74) is 0. The SMILES string of the molecule is O=C(c1ccc(Cl)o1)N1CC2CCCNC2C1. The maximum absolute atomic E-state index is 12.1. The molecule has 1 aromatic rings. The summed E-state index contributed by atoms with van der Waals surface area (Å²) >= 11 is 5.68. The molecule has 5 heteroatoms. The summed E-state index contributed by atoms with van der Waals surface area (Å²) in [5.74, 6) is 0.889. The summed E-state index contributed by atoms with van der Waals surface area (Å²) in [6, 6.07) is 3.70. The summed E-state index contributed by atoms with van der Waals surface area (Å²) in [6.07, 6.45) is 2.41. The molecule has 1 N–H and O–H groups in total. The van der Waals surface area contributed by atoms with Gasteiger partial charge in [-0.2, -0.15) is 0 Å². The molecule has 0 aliphatic carbocycles. The third kappa shape index (κ3) is 2.07. The monoisotopic (exact) mass is 254 g/mol. The molecule has 1 amide bonds. The number of hydrogen-bond acceptors (Lipinski definition) is 3. The zero-order chi connectivity index (χ0) is 11.8. The van der Waals surface area contributed by atoms with Crippen LogP contribution in [0.4, 0.5) is 0 Å². The molecule has 3 heterocycles. The van der Waals surface area contributed by atoms with Crippen LogP contribution in [0.2, 0.25) is 5.22 Å². The lowest BCUT2D eigenvalue weighted by Gasteiger charge is -2.24. The van der Waals surface area contributed by atoms with E-state index < -0.39 is 0 Å². The minimum atomic E-state index is -0.0481. The molecule has 2 saturated heterocycles. The van der Waals surface area contributed by atoms with E-state index in [2.05, 4.69) is 5.32 Å². The Morgan fingerprint density at radius 1 is 1.47 bits per heavy atom. The van der Waals surface area contributed by atoms with Crippen molar-refractivity contribution in [3.05, 3.63) is 23.1 Å². The van der Waals surface area contributed by atoms with Gasteiger partial charge in [-0.15, -0.1) is 0 Å². The lowest BCUT2D eigenvalue weighted by Crippen LogP contribution is -2.41. The molecular weight excluding hydrogens is 240 g/mol. The fourth-order valence-corrected chi connectivity index (χ4v) is 2.94. The molecule has 0 aromatic carbocycles. The average molecular weight is 255 g/mol. The largest absolute Gasteiger partial charge is 0.440 e. The topological polar surface area (TPSA) is 45.5 Å². The van der Waals surface area contributed by atoms with Crippen molar-refractivity contribution >= 4 is 17.5 Å². The molecule has 3 rings (SSSR count). The van der Waals surface area contributed by atoms with Gasteiger partial charge in [0, 0.05) is 19.1 Å². The summed E-state index contributed by atoms with van der Waals surface area (Å²) < 4.78 is 5.16. The van der Waals surface area contributed by atoms with Gasteiger partial charge in [0.15, 0.2) is 11.0 Å². The predicted octanol–water partition coefficient (Wildman–Crippen LogP) is 1.76. The zero-order valence-electron chi connectivity index (χ0n) is 9.49. The van der Waals surface area contributed by atoms with Crippen molar-refractivity contribution in [2.75, 3.05) is 19.6 Å². The Bertz CT molecular complexity index is 418. The van der Waals surface area contributed by atoms with Crippen LogP contribution in [0.1, 0.15) is 23.4 Å². The quantitative estimate of drug-likeness (QED) is 0.831. The van der Waals surface area contributed by atoms with Crippen LogP contribution in [0.15, 0.2) is 16.5 Å². The molecule has 92 valence electrons. The van der Waals surface area contributed by atoms with Crippen LogP contribution in [-0.2, 0) is 0 Å². The standard InChI is InChI=1S/C12H15ClN2O2/c13-11-4-3-10(17-11)12(16)15-6-8-2-1-5-14-9(8)7-15/h3-4,8-9,14H,1-2,5-7H2. The second-order valence-electron chi connectivity index (χ2n) is 4.78. The molecular formula is C12H15ClN2O2. The maximum atomic E-state index is 12.1. The lowest BCUT2D eigenvalue weighted by atomic mass is 9.94. The summed E-state index contributed by atoms with van der Waals surface area (Å²) in [5, 5.41) is 3.74. The van der Waals surface area contributed by atoms with Gasteiger partial charge < -0.3 is 14.6 Å². The van der Waals surface area contributed by atoms with E-state index >= 15 is 0 Å². The first-order valence-corrected chi connectivity index (χ1v) is 6.40. The van der Waals surface area contributed by atoms with Gasteiger partial charge in [0.2, 0.25) is 0 Å². The highest BCUT2D eigenvalue weighted by molar-refractivity contribution is 6.29. The van der Waals surface area contributed by atoms with Gasteiger partial charge in [0.05, 0.1) is 0 Å². The van der Waals surface area contributed by atoms with Crippen LogP contribution in [0.25, 0.3) is 0 Å². The van der Waals surface area contributed by atoms with Crippen molar-refractivity contribution in [3.8, 4) is 0 Å². The normalized spacial score (nSPS) is 28.2. The van der Waals surface area contributed by atoms with Crippen LogP contribution in [0.3, 0.4) is 0 Å². The number of likely N-dealkylation sites (tertiary alicyclic amines) is 1. The highest BCUT2D eigenvalue weighted by Crippen LogP contribution is 2.26. The second-order valence-corrected chi connectivity index (χ2v) is 5.15. The first kappa shape index (κ1) is 11.1. The van der Waals surface area contributed by atoms with Crippen molar-refractivity contribution in [2.45, 2.75) is 18.9 Å². The Balaban J connectivity index is 1.71. The fourth-order valence-electron chi connectivity index (χ4n) is 2.80. The maximum Gasteiger partial charge on any atom is 0.289 e. The van der Waals surface area contributed by atoms with Crippen molar-refractivity contribution < 1.29 is 9.21 Å². The van der Waals surface area contributed by atoms with E-state index in [1.807, 2.05) is 4.90 Å². The number of rotatable bonds is 1. The fraction of sp³-hybridized carbons (Fsp3) is 0.583. The summed E-state index contributed by atoms with van der Waals surface area (Å²) in [4.78, 5) is 14.0. The number of halogens is 1. The van der Waals surface area contributed by atoms with Gasteiger partial charge >= 0.3 is 0 Å². The van der Waals surface area contributed by atoms with E-state index in [4.69, 9.17) is 16.0 Å². The van der Waals surface area contributed by atoms with Crippen LogP contribution in [0.5, 0.6) is 0 Å². The molecule has 2 unspecified atom stereocenters. The Kier molecular flexibility index (Phi) is 2.84. The van der Waals surface area contributed by atoms with Gasteiger partial charge in [-0.3, -0.25) is 4.79 Å². The Morgan fingerprint density at radius 2 is 2.35 bits per heavy atom. The number of carbonyl (C=O) groups excluding carboxylic acids is 1. The van der Waals surface area contributed by atoms with Crippen molar-refractivity contribution in [1.29, 1.82) is 0 Å². The molecule has 0 bridgehead atoms. The Morgan fingerprint density at radius 3 is 3.06 bits per heavy atom. The number of piperidine rings is 1. The smallest absolute Gasteiger partial charge is 0.289 e. The summed E-state index contributed by atoms with van der Waals surface area (Å²) in [7, 11) is 0. The highest BCUT2D eigenvalue weighted by Gasteiger charge is 2.37. The Labute approximate surface area is 105 Å². The van der Waals surface area contributed by atoms with Crippen molar-refractivity contribution in [2.24, 2.45) is 5.92 Å². The second kappa shape index (κ2) is 4.35. The highest BCUT2D eigenvalue weighted by atomic mass is 35.5. The third-order valence-corrected chi connectivity index (χ3v) is 3.87. The number of nitrogens with zero attached hydrogens (tertiary/aromatic N) is 1. The van der Waals surface area contributed by atoms with E-state index in [9.17, 15) is 4.79 Å². The molecule has 4 nitrogen and oxygen atoms in total. The third-order valence-electron chi connectivity index (χ3n) is 3.67. The number of hydrogen-bond donors (Lipinski definition) is 1. The number of nitrogens with one attached hydrogen (secondary N) is 1. The predicted molar refractivity (Wildman–Crippen MR) is 64.1 cm³/mol. The van der Waals surface area contributed by atoms with E-state index in [0.717, 1.165) is 19.6 Å². The van der Waals surface area contributed by atoms with Gasteiger partial charge in [-0.1, -0.05) is 0 Å². The molecule has 2 aliphatic rings. The molecule has 0 saturated carbocycles. The van der Waals surface area contributed by atoms with Gasteiger partial charge in [0.1, 0.15) is 0 Å². The van der Waals surface area contributed by atoms with Crippen LogP contribution in [-0.4, -0.2) is 36.5 Å². The number of amides is 1. The van der Waals surface area contributed by atoms with Crippen LogP contribution in [0, 0.1) is 5.92 Å². The molecule has 1 aromatic heterocycles. The molecule has 0 radical (unpaired) electrons. The van der Waals surface area contributed by atoms with E-state index in [1.165, 1.54) is 12.8 Å². The lowest BCUT2D eigenvalue weighted by molar-refractivity contribution is 0.0754. The molecule has 2 atom stereocenters. The summed E-state index contributed by atoms with van der Waals surface area (Å²) in [6.45, 7) is 2.67. The number of carbonyl (C=O) groups is 1. The molecule has 2 fully saturated rings.